The number of hydrogen-bond donors (Lipinski definition) is 0. The van der Waals surface area contributed by atoms with Crippen molar-refractivity contribution in [1.82, 2.24) is 0 Å². The third-order valence-electron chi connectivity index (χ3n) is 1.52. The van der Waals surface area contributed by atoms with Crippen LogP contribution in [-0.4, -0.2) is 18.9 Å². The fourth-order valence-corrected chi connectivity index (χ4v) is 1.58. The van der Waals surface area contributed by atoms with Crippen molar-refractivity contribution in [2.24, 2.45) is 0 Å². The quantitative estimate of drug-likeness (QED) is 0.428. The summed E-state index contributed by atoms with van der Waals surface area (Å²) in [4.78, 5) is 23.0. The van der Waals surface area contributed by atoms with E-state index in [9.17, 15) is 9.59 Å². The molecule has 0 unspecified atom stereocenters. The molecule has 4 nitrogen and oxygen atoms in total. The first kappa shape index (κ1) is 10.4. The largest absolute Gasteiger partial charge is 0.469 e. The Morgan fingerprint density at radius 1 is 1.57 bits per heavy atom. The van der Waals surface area contributed by atoms with Crippen molar-refractivity contribution in [2.75, 3.05) is 7.11 Å². The average molecular weight is 209 g/mol. The number of ketones is 1. The molecule has 14 heavy (non-hydrogen) atoms. The van der Waals surface area contributed by atoms with E-state index in [0.29, 0.717) is 9.75 Å². The van der Waals surface area contributed by atoms with Crippen LogP contribution in [-0.2, 0) is 9.53 Å². The Morgan fingerprint density at radius 2 is 2.29 bits per heavy atom. The van der Waals surface area contributed by atoms with Crippen LogP contribution in [0.3, 0.4) is 0 Å². The van der Waals surface area contributed by atoms with E-state index in [1.165, 1.54) is 13.2 Å². The molecule has 0 fully saturated rings. The highest BCUT2D eigenvalue weighted by molar-refractivity contribution is 7.14. The maximum absolute atomic E-state index is 11.3. The van der Waals surface area contributed by atoms with Gasteiger partial charge in [0, 0.05) is 0 Å². The zero-order valence-corrected chi connectivity index (χ0v) is 8.26. The zero-order chi connectivity index (χ0) is 10.6. The van der Waals surface area contributed by atoms with Crippen LogP contribution in [0.25, 0.3) is 0 Å². The Kier molecular flexibility index (Phi) is 3.37. The summed E-state index contributed by atoms with van der Waals surface area (Å²) in [6.45, 7) is 0. The van der Waals surface area contributed by atoms with E-state index in [1.807, 2.05) is 6.07 Å². The van der Waals surface area contributed by atoms with Gasteiger partial charge in [-0.1, -0.05) is 0 Å². The predicted molar refractivity (Wildman–Crippen MR) is 50.0 cm³/mol. The number of hydrogen-bond acceptors (Lipinski definition) is 5. The van der Waals surface area contributed by atoms with Crippen molar-refractivity contribution in [3.05, 3.63) is 21.9 Å². The van der Waals surface area contributed by atoms with E-state index in [1.54, 1.807) is 6.07 Å². The highest BCUT2D eigenvalue weighted by atomic mass is 32.1. The molecule has 0 N–H and O–H groups in total. The molecule has 0 aliphatic carbocycles. The molecule has 72 valence electrons. The van der Waals surface area contributed by atoms with Crippen LogP contribution in [0.2, 0.25) is 0 Å². The van der Waals surface area contributed by atoms with Crippen molar-refractivity contribution in [2.45, 2.75) is 6.42 Å². The standard InChI is InChI=1S/C9H7NO3S/c1-13-9(12)4-7(11)8-3-2-6(5-10)14-8/h2-3H,4H2,1H3. The highest BCUT2D eigenvalue weighted by Gasteiger charge is 2.13. The second-order valence-corrected chi connectivity index (χ2v) is 3.54. The molecule has 1 aromatic rings. The zero-order valence-electron chi connectivity index (χ0n) is 7.44. The number of esters is 1. The summed E-state index contributed by atoms with van der Waals surface area (Å²) < 4.78 is 4.36. The van der Waals surface area contributed by atoms with Crippen LogP contribution < -0.4 is 0 Å². The van der Waals surface area contributed by atoms with Gasteiger partial charge in [-0.25, -0.2) is 0 Å². The Hall–Kier alpha value is -1.67. The van der Waals surface area contributed by atoms with Gasteiger partial charge >= 0.3 is 5.97 Å². The van der Waals surface area contributed by atoms with E-state index in [2.05, 4.69) is 4.74 Å². The maximum atomic E-state index is 11.3. The lowest BCUT2D eigenvalue weighted by molar-refractivity contribution is -0.139. The van der Waals surface area contributed by atoms with Crippen LogP contribution in [0.4, 0.5) is 0 Å². The van der Waals surface area contributed by atoms with E-state index in [4.69, 9.17) is 5.26 Å². The number of nitrogens with zero attached hydrogens (tertiary/aromatic N) is 1. The van der Waals surface area contributed by atoms with Crippen LogP contribution in [0.15, 0.2) is 12.1 Å². The summed E-state index contributed by atoms with van der Waals surface area (Å²) in [7, 11) is 1.23. The SMILES string of the molecule is COC(=O)CC(=O)c1ccc(C#N)s1. The van der Waals surface area contributed by atoms with Gasteiger partial charge in [-0.05, 0) is 12.1 Å². The van der Waals surface area contributed by atoms with Gasteiger partial charge in [0.15, 0.2) is 5.78 Å². The van der Waals surface area contributed by atoms with Crippen molar-refractivity contribution < 1.29 is 14.3 Å². The van der Waals surface area contributed by atoms with Gasteiger partial charge in [-0.3, -0.25) is 9.59 Å². The molecular weight excluding hydrogens is 202 g/mol. The van der Waals surface area contributed by atoms with Crippen molar-refractivity contribution in [3.8, 4) is 6.07 Å². The molecular formula is C9H7NO3S. The van der Waals surface area contributed by atoms with Crippen LogP contribution in [0.1, 0.15) is 21.0 Å². The Balaban J connectivity index is 2.71. The lowest BCUT2D eigenvalue weighted by atomic mass is 10.2. The molecule has 0 amide bonds. The molecule has 1 aromatic heterocycles. The Bertz CT molecular complexity index is 402. The minimum atomic E-state index is -0.568. The summed E-state index contributed by atoms with van der Waals surface area (Å²) in [5.41, 5.74) is 0. The van der Waals surface area contributed by atoms with Gasteiger partial charge in [-0.15, -0.1) is 11.3 Å². The number of rotatable bonds is 3. The fourth-order valence-electron chi connectivity index (χ4n) is 0.838. The van der Waals surface area contributed by atoms with Gasteiger partial charge in [0.05, 0.1) is 12.0 Å². The predicted octanol–water partition coefficient (Wildman–Crippen LogP) is 1.37. The molecule has 0 saturated heterocycles. The van der Waals surface area contributed by atoms with Crippen LogP contribution >= 0.6 is 11.3 Å². The van der Waals surface area contributed by atoms with Gasteiger partial charge < -0.3 is 4.74 Å². The highest BCUT2D eigenvalue weighted by Crippen LogP contribution is 2.17. The molecule has 0 atom stereocenters. The topological polar surface area (TPSA) is 67.2 Å². The Labute approximate surface area is 84.7 Å². The Morgan fingerprint density at radius 3 is 2.79 bits per heavy atom. The number of Topliss-reactive ketones (excluding diaryl/α,β-unsaturated/α-hetero) is 1. The molecule has 1 heterocycles. The summed E-state index contributed by atoms with van der Waals surface area (Å²) in [5, 5.41) is 8.52. The monoisotopic (exact) mass is 209 g/mol. The minimum absolute atomic E-state index is 0.276. The summed E-state index contributed by atoms with van der Waals surface area (Å²) in [5.74, 6) is -0.884. The third kappa shape index (κ3) is 2.41. The second-order valence-electron chi connectivity index (χ2n) is 2.45. The first-order valence-corrected chi connectivity index (χ1v) is 4.59. The third-order valence-corrected chi connectivity index (χ3v) is 2.55. The number of ether oxygens (including phenoxy) is 1. The van der Waals surface area contributed by atoms with Gasteiger partial charge in [-0.2, -0.15) is 5.26 Å². The molecule has 0 aliphatic heterocycles. The van der Waals surface area contributed by atoms with Gasteiger partial charge in [0.2, 0.25) is 0 Å². The van der Waals surface area contributed by atoms with Crippen molar-refractivity contribution >= 4 is 23.1 Å². The molecule has 0 aromatic carbocycles. The van der Waals surface area contributed by atoms with E-state index in [0.717, 1.165) is 11.3 Å². The number of thiophene rings is 1. The lowest BCUT2D eigenvalue weighted by Gasteiger charge is -1.95. The first-order valence-electron chi connectivity index (χ1n) is 3.77. The van der Waals surface area contributed by atoms with Crippen molar-refractivity contribution in [1.29, 1.82) is 5.26 Å². The smallest absolute Gasteiger partial charge is 0.313 e. The molecule has 1 rings (SSSR count). The summed E-state index contributed by atoms with van der Waals surface area (Å²) in [6, 6.07) is 5.01. The summed E-state index contributed by atoms with van der Waals surface area (Å²) >= 11 is 1.08. The van der Waals surface area contributed by atoms with Gasteiger partial charge in [0.1, 0.15) is 17.4 Å². The van der Waals surface area contributed by atoms with Gasteiger partial charge in [0.25, 0.3) is 0 Å². The molecule has 5 heteroatoms. The molecule has 0 aliphatic rings. The lowest BCUT2D eigenvalue weighted by Crippen LogP contribution is -2.07. The number of carbonyl (C=O) groups is 2. The number of methoxy groups -OCH3 is 1. The van der Waals surface area contributed by atoms with Crippen molar-refractivity contribution in [3.63, 3.8) is 0 Å². The first-order chi connectivity index (χ1) is 6.67. The molecule has 0 spiro atoms. The molecule has 0 saturated carbocycles. The number of carbonyl (C=O) groups excluding carboxylic acids is 2. The second kappa shape index (κ2) is 4.53. The van der Waals surface area contributed by atoms with Crippen LogP contribution in [0.5, 0.6) is 0 Å². The van der Waals surface area contributed by atoms with Crippen LogP contribution in [0, 0.1) is 11.3 Å². The summed E-state index contributed by atoms with van der Waals surface area (Å²) in [6.07, 6.45) is -0.276. The molecule has 0 bridgehead atoms. The molecule has 0 radical (unpaired) electrons. The average Bonchev–Trinajstić information content (AvgIpc) is 2.65. The fraction of sp³-hybridized carbons (Fsp3) is 0.222. The minimum Gasteiger partial charge on any atom is -0.469 e. The van der Waals surface area contributed by atoms with E-state index < -0.39 is 5.97 Å². The van der Waals surface area contributed by atoms with E-state index in [-0.39, 0.29) is 12.2 Å². The normalized spacial score (nSPS) is 9.14. The maximum Gasteiger partial charge on any atom is 0.313 e. The number of nitriles is 1. The van der Waals surface area contributed by atoms with E-state index >= 15 is 0 Å².